The number of aliphatic hydroxyl groups is 1. The molecule has 3 atom stereocenters. The van der Waals surface area contributed by atoms with E-state index in [0.717, 1.165) is 31.2 Å². The first-order valence-electron chi connectivity index (χ1n) is 10.2. The highest BCUT2D eigenvalue weighted by atomic mass is 19.1. The number of rotatable bonds is 2. The maximum Gasteiger partial charge on any atom is 0.254 e. The minimum atomic E-state index is -0.780. The standard InChI is InChI=1S/C23H24FNO4/c24-17-5-3-4-16(12-17)22(26)25-11-10-23(27)9-2-1-6-18(23)21(25)15-7-8-19-20(13-15)29-14-28-19/h3-5,7-8,12-13,18,21,27H,1-2,6,9-11,14H2. The molecular weight excluding hydrogens is 373 g/mol. The van der Waals surface area contributed by atoms with Crippen LogP contribution in [0.3, 0.4) is 0 Å². The summed E-state index contributed by atoms with van der Waals surface area (Å²) < 4.78 is 24.7. The van der Waals surface area contributed by atoms with Crippen LogP contribution >= 0.6 is 0 Å². The van der Waals surface area contributed by atoms with Gasteiger partial charge >= 0.3 is 0 Å². The van der Waals surface area contributed by atoms with E-state index < -0.39 is 11.4 Å². The van der Waals surface area contributed by atoms with E-state index in [4.69, 9.17) is 9.47 Å². The van der Waals surface area contributed by atoms with Crippen molar-refractivity contribution >= 4 is 5.91 Å². The van der Waals surface area contributed by atoms with E-state index in [1.807, 2.05) is 18.2 Å². The third-order valence-corrected chi connectivity index (χ3v) is 6.64. The Hall–Kier alpha value is -2.60. The highest BCUT2D eigenvalue weighted by Gasteiger charge is 2.50. The summed E-state index contributed by atoms with van der Waals surface area (Å²) in [6.07, 6.45) is 4.16. The summed E-state index contributed by atoms with van der Waals surface area (Å²) in [5.41, 5.74) is 0.471. The van der Waals surface area contributed by atoms with E-state index in [1.54, 1.807) is 17.0 Å². The zero-order chi connectivity index (χ0) is 20.0. The van der Waals surface area contributed by atoms with Crippen molar-refractivity contribution in [2.75, 3.05) is 13.3 Å². The number of fused-ring (bicyclic) bond motifs is 2. The van der Waals surface area contributed by atoms with E-state index in [-0.39, 0.29) is 24.7 Å². The van der Waals surface area contributed by atoms with Gasteiger partial charge in [-0.1, -0.05) is 25.0 Å². The van der Waals surface area contributed by atoms with Gasteiger partial charge in [0.1, 0.15) is 5.82 Å². The fourth-order valence-corrected chi connectivity index (χ4v) is 5.21. The van der Waals surface area contributed by atoms with Crippen LogP contribution in [0, 0.1) is 11.7 Å². The molecule has 6 heteroatoms. The van der Waals surface area contributed by atoms with Gasteiger partial charge in [-0.15, -0.1) is 0 Å². The second kappa shape index (κ2) is 7.02. The number of hydrogen-bond donors (Lipinski definition) is 1. The summed E-state index contributed by atoms with van der Waals surface area (Å²) in [7, 11) is 0. The molecule has 1 amide bonds. The Balaban J connectivity index is 1.57. The predicted octanol–water partition coefficient (Wildman–Crippen LogP) is 4.06. The molecule has 5 rings (SSSR count). The van der Waals surface area contributed by atoms with Crippen molar-refractivity contribution in [2.24, 2.45) is 5.92 Å². The van der Waals surface area contributed by atoms with Crippen LogP contribution < -0.4 is 9.47 Å². The predicted molar refractivity (Wildman–Crippen MR) is 104 cm³/mol. The summed E-state index contributed by atoms with van der Waals surface area (Å²) in [6.45, 7) is 0.615. The fraction of sp³-hybridized carbons (Fsp3) is 0.435. The summed E-state index contributed by atoms with van der Waals surface area (Å²) >= 11 is 0. The minimum Gasteiger partial charge on any atom is -0.454 e. The number of likely N-dealkylation sites (tertiary alicyclic amines) is 1. The first-order valence-corrected chi connectivity index (χ1v) is 10.2. The van der Waals surface area contributed by atoms with Crippen LogP contribution in [0.4, 0.5) is 4.39 Å². The third kappa shape index (κ3) is 3.15. The zero-order valence-electron chi connectivity index (χ0n) is 16.1. The summed E-state index contributed by atoms with van der Waals surface area (Å²) in [6, 6.07) is 11.2. The van der Waals surface area contributed by atoms with Gasteiger partial charge in [0.05, 0.1) is 11.6 Å². The fourth-order valence-electron chi connectivity index (χ4n) is 5.21. The topological polar surface area (TPSA) is 59.0 Å². The van der Waals surface area contributed by atoms with E-state index >= 15 is 0 Å². The average Bonchev–Trinajstić information content (AvgIpc) is 3.20. The Labute approximate surface area is 169 Å². The molecule has 0 spiro atoms. The largest absolute Gasteiger partial charge is 0.454 e. The molecule has 3 unspecified atom stereocenters. The van der Waals surface area contributed by atoms with Crippen molar-refractivity contribution in [1.82, 2.24) is 4.90 Å². The van der Waals surface area contributed by atoms with Crippen molar-refractivity contribution in [2.45, 2.75) is 43.7 Å². The van der Waals surface area contributed by atoms with Crippen molar-refractivity contribution < 1.29 is 23.8 Å². The molecule has 1 saturated heterocycles. The van der Waals surface area contributed by atoms with Crippen LogP contribution in [0.1, 0.15) is 54.1 Å². The van der Waals surface area contributed by atoms with Crippen LogP contribution in [-0.2, 0) is 0 Å². The van der Waals surface area contributed by atoms with Crippen molar-refractivity contribution in [3.63, 3.8) is 0 Å². The van der Waals surface area contributed by atoms with Gasteiger partial charge in [0.15, 0.2) is 11.5 Å². The lowest BCUT2D eigenvalue weighted by atomic mass is 9.66. The molecule has 0 radical (unpaired) electrons. The smallest absolute Gasteiger partial charge is 0.254 e. The molecule has 29 heavy (non-hydrogen) atoms. The monoisotopic (exact) mass is 397 g/mol. The number of amides is 1. The molecule has 1 N–H and O–H groups in total. The van der Waals surface area contributed by atoms with Crippen LogP contribution in [0.15, 0.2) is 42.5 Å². The van der Waals surface area contributed by atoms with Crippen LogP contribution in [0.25, 0.3) is 0 Å². The molecule has 0 aromatic heterocycles. The van der Waals surface area contributed by atoms with E-state index in [2.05, 4.69) is 0 Å². The van der Waals surface area contributed by atoms with Crippen LogP contribution in [0.5, 0.6) is 11.5 Å². The number of carbonyl (C=O) groups is 1. The molecule has 2 aliphatic heterocycles. The number of halogens is 1. The summed E-state index contributed by atoms with van der Waals surface area (Å²) in [5.74, 6) is 0.640. The molecule has 2 heterocycles. The highest BCUT2D eigenvalue weighted by molar-refractivity contribution is 5.94. The Morgan fingerprint density at radius 1 is 1.10 bits per heavy atom. The number of piperidine rings is 1. The van der Waals surface area contributed by atoms with E-state index in [1.165, 1.54) is 12.1 Å². The quantitative estimate of drug-likeness (QED) is 0.830. The first kappa shape index (κ1) is 18.4. The van der Waals surface area contributed by atoms with Gasteiger partial charge in [-0.05, 0) is 55.2 Å². The molecule has 5 nitrogen and oxygen atoms in total. The van der Waals surface area contributed by atoms with Crippen molar-refractivity contribution in [3.05, 3.63) is 59.4 Å². The normalized spacial score (nSPS) is 28.1. The lowest BCUT2D eigenvalue weighted by molar-refractivity contribution is -0.115. The molecule has 2 fully saturated rings. The van der Waals surface area contributed by atoms with Crippen LogP contribution in [0.2, 0.25) is 0 Å². The summed E-state index contributed by atoms with van der Waals surface area (Å²) in [4.78, 5) is 15.2. The first-order chi connectivity index (χ1) is 14.0. The molecule has 2 aromatic carbocycles. The third-order valence-electron chi connectivity index (χ3n) is 6.64. The minimum absolute atomic E-state index is 0.0668. The number of carbonyl (C=O) groups excluding carboxylic acids is 1. The van der Waals surface area contributed by atoms with Gasteiger partial charge < -0.3 is 19.5 Å². The Kier molecular flexibility index (Phi) is 4.46. The molecule has 1 saturated carbocycles. The number of benzene rings is 2. The lowest BCUT2D eigenvalue weighted by Gasteiger charge is -2.52. The molecule has 152 valence electrons. The maximum atomic E-state index is 13.8. The number of hydrogen-bond acceptors (Lipinski definition) is 4. The van der Waals surface area contributed by atoms with E-state index in [9.17, 15) is 14.3 Å². The average molecular weight is 397 g/mol. The Morgan fingerprint density at radius 3 is 2.83 bits per heavy atom. The van der Waals surface area contributed by atoms with Gasteiger partial charge in [-0.2, -0.15) is 0 Å². The molecule has 1 aliphatic carbocycles. The van der Waals surface area contributed by atoms with Gasteiger partial charge in [0.25, 0.3) is 5.91 Å². The van der Waals surface area contributed by atoms with Crippen molar-refractivity contribution in [3.8, 4) is 11.5 Å². The highest BCUT2D eigenvalue weighted by Crippen LogP contribution is 2.50. The molecule has 0 bridgehead atoms. The lowest BCUT2D eigenvalue weighted by Crippen LogP contribution is -2.56. The van der Waals surface area contributed by atoms with Gasteiger partial charge in [-0.25, -0.2) is 4.39 Å². The van der Waals surface area contributed by atoms with Gasteiger partial charge in [0.2, 0.25) is 6.79 Å². The van der Waals surface area contributed by atoms with Gasteiger partial charge in [0, 0.05) is 18.0 Å². The molecule has 3 aliphatic rings. The summed E-state index contributed by atoms with van der Waals surface area (Å²) in [5, 5.41) is 11.4. The second-order valence-electron chi connectivity index (χ2n) is 8.27. The maximum absolute atomic E-state index is 13.8. The zero-order valence-corrected chi connectivity index (χ0v) is 16.1. The SMILES string of the molecule is O=C(c1cccc(F)c1)N1CCC2(O)CCCCC2C1c1ccc2c(c1)OCO2. The molecular formula is C23H24FNO4. The van der Waals surface area contributed by atoms with Crippen LogP contribution in [-0.4, -0.2) is 34.9 Å². The van der Waals surface area contributed by atoms with Gasteiger partial charge in [-0.3, -0.25) is 4.79 Å². The second-order valence-corrected chi connectivity index (χ2v) is 8.27. The Bertz CT molecular complexity index is 948. The molecule has 2 aromatic rings. The number of nitrogens with zero attached hydrogens (tertiary/aromatic N) is 1. The van der Waals surface area contributed by atoms with Crippen molar-refractivity contribution in [1.29, 1.82) is 0 Å². The van der Waals surface area contributed by atoms with E-state index in [0.29, 0.717) is 30.0 Å². The number of ether oxygens (including phenoxy) is 2. The Morgan fingerprint density at radius 2 is 1.97 bits per heavy atom.